The minimum Gasteiger partial charge on any atom is -0.379 e. The highest BCUT2D eigenvalue weighted by molar-refractivity contribution is 7.18. The van der Waals surface area contributed by atoms with E-state index in [9.17, 15) is 4.79 Å². The molecular formula is C22H23N3O2S. The number of carbonyl (C=O) groups is 1. The third-order valence-corrected chi connectivity index (χ3v) is 5.95. The number of hydrogen-bond acceptors (Lipinski definition) is 5. The quantitative estimate of drug-likeness (QED) is 0.710. The molecule has 0 aliphatic carbocycles. The number of nitrogens with zero attached hydrogens (tertiary/aromatic N) is 2. The fourth-order valence-corrected chi connectivity index (χ4v) is 4.34. The first-order valence-corrected chi connectivity index (χ1v) is 10.2. The summed E-state index contributed by atoms with van der Waals surface area (Å²) in [4.78, 5) is 20.4. The van der Waals surface area contributed by atoms with Gasteiger partial charge in [0, 0.05) is 24.3 Å². The van der Waals surface area contributed by atoms with Crippen LogP contribution < -0.4 is 5.32 Å². The molecule has 5 nitrogen and oxygen atoms in total. The number of aryl methyl sites for hydroxylation is 1. The smallest absolute Gasteiger partial charge is 0.238 e. The molecule has 4 rings (SSSR count). The van der Waals surface area contributed by atoms with Crippen LogP contribution in [0.3, 0.4) is 0 Å². The highest BCUT2D eigenvalue weighted by Gasteiger charge is 2.15. The lowest BCUT2D eigenvalue weighted by molar-refractivity contribution is -0.118. The van der Waals surface area contributed by atoms with Crippen molar-refractivity contribution in [3.63, 3.8) is 0 Å². The lowest BCUT2D eigenvalue weighted by Crippen LogP contribution is -2.41. The summed E-state index contributed by atoms with van der Waals surface area (Å²) in [5.74, 6) is -0.000607. The monoisotopic (exact) mass is 393 g/mol. The van der Waals surface area contributed by atoms with Crippen LogP contribution >= 0.6 is 11.3 Å². The summed E-state index contributed by atoms with van der Waals surface area (Å²) in [6.07, 6.45) is 0. The zero-order chi connectivity index (χ0) is 19.3. The van der Waals surface area contributed by atoms with Crippen LogP contribution in [-0.2, 0) is 9.53 Å². The molecule has 6 heteroatoms. The third-order valence-electron chi connectivity index (χ3n) is 4.70. The van der Waals surface area contributed by atoms with Gasteiger partial charge in [0.25, 0.3) is 0 Å². The zero-order valence-electron chi connectivity index (χ0n) is 15.9. The third kappa shape index (κ3) is 4.47. The van der Waals surface area contributed by atoms with E-state index in [0.29, 0.717) is 19.8 Å². The first-order valence-electron chi connectivity index (χ1n) is 9.42. The number of benzene rings is 2. The molecule has 1 aromatic heterocycles. The van der Waals surface area contributed by atoms with E-state index in [-0.39, 0.29) is 5.91 Å². The van der Waals surface area contributed by atoms with E-state index in [4.69, 9.17) is 9.72 Å². The standard InChI is InChI=1S/C22H23N3O2S/c1-16-21(17-6-3-2-4-7-17)28-22(23-16)18-8-5-9-19(14-18)24-20(26)15-25-10-12-27-13-11-25/h2-9,14H,10-13,15H2,1H3,(H,24,26). The molecule has 1 N–H and O–H groups in total. The van der Waals surface area contributed by atoms with Crippen molar-refractivity contribution in [3.8, 4) is 21.0 Å². The van der Waals surface area contributed by atoms with Crippen molar-refractivity contribution in [2.75, 3.05) is 38.2 Å². The molecule has 28 heavy (non-hydrogen) atoms. The fourth-order valence-electron chi connectivity index (χ4n) is 3.27. The normalized spacial score (nSPS) is 14.8. The van der Waals surface area contributed by atoms with Crippen LogP contribution in [-0.4, -0.2) is 48.6 Å². The molecule has 0 unspecified atom stereocenters. The van der Waals surface area contributed by atoms with Gasteiger partial charge >= 0.3 is 0 Å². The molecule has 1 aliphatic rings. The molecule has 0 saturated carbocycles. The number of rotatable bonds is 5. The van der Waals surface area contributed by atoms with Gasteiger partial charge in [-0.2, -0.15) is 0 Å². The Hall–Kier alpha value is -2.54. The lowest BCUT2D eigenvalue weighted by atomic mass is 10.1. The van der Waals surface area contributed by atoms with E-state index in [0.717, 1.165) is 35.0 Å². The second-order valence-corrected chi connectivity index (χ2v) is 7.82. The van der Waals surface area contributed by atoms with Crippen molar-refractivity contribution in [2.24, 2.45) is 0 Å². The van der Waals surface area contributed by atoms with Crippen molar-refractivity contribution < 1.29 is 9.53 Å². The molecule has 0 radical (unpaired) electrons. The molecule has 0 spiro atoms. The molecule has 0 atom stereocenters. The SMILES string of the molecule is Cc1nc(-c2cccc(NC(=O)CN3CCOCC3)c2)sc1-c1ccccc1. The minimum absolute atomic E-state index is 0.000607. The Labute approximate surface area is 169 Å². The number of morpholine rings is 1. The minimum atomic E-state index is -0.000607. The maximum atomic E-state index is 12.4. The molecule has 1 saturated heterocycles. The Bertz CT molecular complexity index is 949. The highest BCUT2D eigenvalue weighted by atomic mass is 32.1. The van der Waals surface area contributed by atoms with E-state index in [2.05, 4.69) is 22.3 Å². The molecule has 144 valence electrons. The first-order chi connectivity index (χ1) is 13.7. The number of anilines is 1. The van der Waals surface area contributed by atoms with Crippen molar-refractivity contribution >= 4 is 22.9 Å². The average molecular weight is 394 g/mol. The van der Waals surface area contributed by atoms with E-state index in [1.807, 2.05) is 49.4 Å². The van der Waals surface area contributed by atoms with E-state index < -0.39 is 0 Å². The molecule has 0 bridgehead atoms. The highest BCUT2D eigenvalue weighted by Crippen LogP contribution is 2.35. The van der Waals surface area contributed by atoms with E-state index in [1.54, 1.807) is 11.3 Å². The number of thiazole rings is 1. The summed E-state index contributed by atoms with van der Waals surface area (Å²) in [6, 6.07) is 18.2. The van der Waals surface area contributed by atoms with Gasteiger partial charge in [0.05, 0.1) is 30.3 Å². The molecular weight excluding hydrogens is 370 g/mol. The molecule has 1 aliphatic heterocycles. The van der Waals surface area contributed by atoms with Gasteiger partial charge in [-0.15, -0.1) is 11.3 Å². The number of amides is 1. The number of carbonyl (C=O) groups excluding carboxylic acids is 1. The number of aromatic nitrogens is 1. The van der Waals surface area contributed by atoms with Gasteiger partial charge in [-0.25, -0.2) is 4.98 Å². The van der Waals surface area contributed by atoms with Gasteiger partial charge in [-0.05, 0) is 24.6 Å². The predicted molar refractivity (Wildman–Crippen MR) is 114 cm³/mol. The van der Waals surface area contributed by atoms with Gasteiger partial charge < -0.3 is 10.1 Å². The largest absolute Gasteiger partial charge is 0.379 e. The fraction of sp³-hybridized carbons (Fsp3) is 0.273. The summed E-state index contributed by atoms with van der Waals surface area (Å²) >= 11 is 1.68. The second-order valence-electron chi connectivity index (χ2n) is 6.82. The molecule has 3 aromatic rings. The predicted octanol–water partition coefficient (Wildman–Crippen LogP) is 4.06. The van der Waals surface area contributed by atoms with Gasteiger partial charge in [0.2, 0.25) is 5.91 Å². The zero-order valence-corrected chi connectivity index (χ0v) is 16.7. The average Bonchev–Trinajstić information content (AvgIpc) is 3.11. The van der Waals surface area contributed by atoms with Crippen molar-refractivity contribution in [3.05, 3.63) is 60.3 Å². The maximum absolute atomic E-state index is 12.4. The summed E-state index contributed by atoms with van der Waals surface area (Å²) in [5, 5.41) is 3.97. The molecule has 2 aromatic carbocycles. The van der Waals surface area contributed by atoms with Crippen LogP contribution in [0.5, 0.6) is 0 Å². The molecule has 1 amide bonds. The number of ether oxygens (including phenoxy) is 1. The topological polar surface area (TPSA) is 54.5 Å². The Morgan fingerprint density at radius 2 is 1.86 bits per heavy atom. The summed E-state index contributed by atoms with van der Waals surface area (Å²) in [6.45, 7) is 5.41. The van der Waals surface area contributed by atoms with Gasteiger partial charge in [0.15, 0.2) is 0 Å². The lowest BCUT2D eigenvalue weighted by Gasteiger charge is -2.25. The van der Waals surface area contributed by atoms with Gasteiger partial charge in [-0.3, -0.25) is 9.69 Å². The second kappa shape index (κ2) is 8.65. The van der Waals surface area contributed by atoms with Crippen LogP contribution in [0.1, 0.15) is 5.69 Å². The van der Waals surface area contributed by atoms with Crippen LogP contribution in [0.2, 0.25) is 0 Å². The maximum Gasteiger partial charge on any atom is 0.238 e. The Balaban J connectivity index is 1.49. The van der Waals surface area contributed by atoms with Crippen molar-refractivity contribution in [1.29, 1.82) is 0 Å². The van der Waals surface area contributed by atoms with Gasteiger partial charge in [-0.1, -0.05) is 42.5 Å². The summed E-state index contributed by atoms with van der Waals surface area (Å²) in [7, 11) is 0. The summed E-state index contributed by atoms with van der Waals surface area (Å²) < 4.78 is 5.33. The summed E-state index contributed by atoms with van der Waals surface area (Å²) in [5.41, 5.74) is 4.01. The van der Waals surface area contributed by atoms with E-state index in [1.165, 1.54) is 10.4 Å². The Kier molecular flexibility index (Phi) is 5.81. The van der Waals surface area contributed by atoms with Crippen LogP contribution in [0, 0.1) is 6.92 Å². The Morgan fingerprint density at radius 1 is 1.11 bits per heavy atom. The number of hydrogen-bond donors (Lipinski definition) is 1. The molecule has 2 heterocycles. The Morgan fingerprint density at radius 3 is 2.64 bits per heavy atom. The van der Waals surface area contributed by atoms with Crippen molar-refractivity contribution in [1.82, 2.24) is 9.88 Å². The number of nitrogens with one attached hydrogen (secondary N) is 1. The van der Waals surface area contributed by atoms with Crippen LogP contribution in [0.15, 0.2) is 54.6 Å². The van der Waals surface area contributed by atoms with Gasteiger partial charge in [0.1, 0.15) is 5.01 Å². The van der Waals surface area contributed by atoms with E-state index >= 15 is 0 Å². The van der Waals surface area contributed by atoms with Crippen LogP contribution in [0.25, 0.3) is 21.0 Å². The first kappa shape index (κ1) is 18.8. The van der Waals surface area contributed by atoms with Crippen molar-refractivity contribution in [2.45, 2.75) is 6.92 Å². The molecule has 1 fully saturated rings. The van der Waals surface area contributed by atoms with Crippen LogP contribution in [0.4, 0.5) is 5.69 Å².